The highest BCUT2D eigenvalue weighted by molar-refractivity contribution is 5.95. The molecule has 2 N–H and O–H groups in total. The van der Waals surface area contributed by atoms with Crippen LogP contribution < -0.4 is 4.74 Å². The Morgan fingerprint density at radius 1 is 1.19 bits per heavy atom. The topological polar surface area (TPSA) is 90.6 Å². The standard InChI is InChI=1S/C22H17NO4/c1-3-15(13-19(22(25)26)20(24)4-2)16-10-11-21(17(12-16)14-23)27-18-8-6-5-7-9-18/h4-13,24H,1H2,2H3,(H,25,26)/b19-13+,20-4+. The molecule has 134 valence electrons. The third kappa shape index (κ3) is 4.76. The average Bonchev–Trinajstić information content (AvgIpc) is 2.69. The van der Waals surface area contributed by atoms with Crippen molar-refractivity contribution in [2.75, 3.05) is 0 Å². The fourth-order valence-corrected chi connectivity index (χ4v) is 2.27. The van der Waals surface area contributed by atoms with Crippen LogP contribution in [-0.4, -0.2) is 16.2 Å². The van der Waals surface area contributed by atoms with Gasteiger partial charge in [0.05, 0.1) is 5.56 Å². The lowest BCUT2D eigenvalue weighted by Gasteiger charge is -2.09. The fourth-order valence-electron chi connectivity index (χ4n) is 2.27. The Balaban J connectivity index is 2.45. The number of aliphatic hydroxyl groups is 1. The van der Waals surface area contributed by atoms with Crippen LogP contribution in [0.5, 0.6) is 11.5 Å². The van der Waals surface area contributed by atoms with E-state index in [0.29, 0.717) is 22.6 Å². The Labute approximate surface area is 157 Å². The first-order valence-corrected chi connectivity index (χ1v) is 7.98. The van der Waals surface area contributed by atoms with Crippen molar-refractivity contribution in [3.8, 4) is 17.6 Å². The fraction of sp³-hybridized carbons (Fsp3) is 0.0455. The first-order chi connectivity index (χ1) is 13.0. The normalized spacial score (nSPS) is 11.3. The number of aliphatic carboxylic acids is 1. The van der Waals surface area contributed by atoms with Crippen LogP contribution >= 0.6 is 0 Å². The van der Waals surface area contributed by atoms with Crippen LogP contribution in [0.2, 0.25) is 0 Å². The van der Waals surface area contributed by atoms with Crippen LogP contribution in [0.4, 0.5) is 0 Å². The minimum absolute atomic E-state index is 0.268. The predicted molar refractivity (Wildman–Crippen MR) is 102 cm³/mol. The third-order valence-corrected chi connectivity index (χ3v) is 3.64. The number of para-hydroxylation sites is 1. The van der Waals surface area contributed by atoms with Gasteiger partial charge in [0, 0.05) is 5.57 Å². The number of nitrogens with zero attached hydrogens (tertiary/aromatic N) is 1. The number of benzene rings is 2. The van der Waals surface area contributed by atoms with E-state index in [2.05, 4.69) is 18.4 Å². The number of allylic oxidation sites excluding steroid dienone is 3. The molecule has 0 atom stereocenters. The van der Waals surface area contributed by atoms with Gasteiger partial charge in [0.25, 0.3) is 0 Å². The Hall–Kier alpha value is -4.00. The van der Waals surface area contributed by atoms with Gasteiger partial charge in [-0.3, -0.25) is 0 Å². The van der Waals surface area contributed by atoms with E-state index < -0.39 is 5.97 Å². The van der Waals surface area contributed by atoms with Crippen molar-refractivity contribution in [3.05, 3.63) is 95.5 Å². The summed E-state index contributed by atoms with van der Waals surface area (Å²) in [6.07, 6.45) is 2.52. The number of hydrogen-bond donors (Lipinski definition) is 2. The van der Waals surface area contributed by atoms with Crippen molar-refractivity contribution >= 4 is 11.5 Å². The van der Waals surface area contributed by atoms with Crippen molar-refractivity contribution in [3.63, 3.8) is 0 Å². The highest BCUT2D eigenvalue weighted by atomic mass is 16.5. The van der Waals surface area contributed by atoms with Crippen molar-refractivity contribution in [1.29, 1.82) is 5.26 Å². The summed E-state index contributed by atoms with van der Waals surface area (Å²) < 4.78 is 5.72. The van der Waals surface area contributed by atoms with Gasteiger partial charge in [-0.05, 0) is 55.0 Å². The van der Waals surface area contributed by atoms with Gasteiger partial charge in [0.15, 0.2) is 0 Å². The number of nitriles is 1. The van der Waals surface area contributed by atoms with Gasteiger partial charge in [0.2, 0.25) is 0 Å². The van der Waals surface area contributed by atoms with E-state index in [1.54, 1.807) is 30.3 Å². The number of carbonyl (C=O) groups is 1. The second-order valence-corrected chi connectivity index (χ2v) is 5.37. The smallest absolute Gasteiger partial charge is 0.339 e. The Kier molecular flexibility index (Phi) is 6.38. The molecule has 0 unspecified atom stereocenters. The number of hydrogen-bond acceptors (Lipinski definition) is 4. The summed E-state index contributed by atoms with van der Waals surface area (Å²) in [4.78, 5) is 11.4. The number of carboxylic acid groups (broad SMARTS) is 1. The molecule has 0 spiro atoms. The Morgan fingerprint density at radius 2 is 1.89 bits per heavy atom. The molecular formula is C22H17NO4. The van der Waals surface area contributed by atoms with E-state index in [1.165, 1.54) is 19.1 Å². The van der Waals surface area contributed by atoms with Gasteiger partial charge in [-0.1, -0.05) is 24.8 Å². The van der Waals surface area contributed by atoms with Crippen molar-refractivity contribution in [2.24, 2.45) is 0 Å². The molecule has 0 aromatic heterocycles. The maximum Gasteiger partial charge on any atom is 0.339 e. The molecule has 0 amide bonds. The van der Waals surface area contributed by atoms with Crippen molar-refractivity contribution < 1.29 is 19.7 Å². The van der Waals surface area contributed by atoms with Crippen LogP contribution in [0.25, 0.3) is 5.57 Å². The van der Waals surface area contributed by atoms with E-state index in [0.717, 1.165) is 0 Å². The zero-order chi connectivity index (χ0) is 19.8. The molecule has 0 fully saturated rings. The summed E-state index contributed by atoms with van der Waals surface area (Å²) in [5, 5.41) is 28.5. The van der Waals surface area contributed by atoms with Crippen molar-refractivity contribution in [2.45, 2.75) is 6.92 Å². The minimum Gasteiger partial charge on any atom is -0.507 e. The molecule has 0 saturated heterocycles. The first-order valence-electron chi connectivity index (χ1n) is 7.98. The first kappa shape index (κ1) is 19.3. The number of ether oxygens (including phenoxy) is 1. The molecule has 0 saturated carbocycles. The van der Waals surface area contributed by atoms with E-state index in [1.807, 2.05) is 18.2 Å². The SMILES string of the molecule is C=C=C(/C=C(C(=O)O)\C(O)=C/C)c1ccc(Oc2ccccc2)c(C#N)c1. The summed E-state index contributed by atoms with van der Waals surface area (Å²) in [5.74, 6) is -0.704. The van der Waals surface area contributed by atoms with Crippen LogP contribution in [0.1, 0.15) is 18.1 Å². The molecule has 2 aromatic rings. The molecule has 0 aliphatic rings. The minimum atomic E-state index is -1.29. The van der Waals surface area contributed by atoms with Gasteiger partial charge in [-0.15, -0.1) is 5.73 Å². The summed E-state index contributed by atoms with van der Waals surface area (Å²) in [7, 11) is 0. The van der Waals surface area contributed by atoms with Gasteiger partial charge < -0.3 is 14.9 Å². The number of carboxylic acids is 1. The molecule has 5 nitrogen and oxygen atoms in total. The average molecular weight is 359 g/mol. The van der Waals surface area contributed by atoms with Crippen LogP contribution in [0.3, 0.4) is 0 Å². The van der Waals surface area contributed by atoms with Gasteiger partial charge in [-0.2, -0.15) is 5.26 Å². The summed E-state index contributed by atoms with van der Waals surface area (Å²) in [6.45, 7) is 5.09. The molecular weight excluding hydrogens is 342 g/mol. The van der Waals surface area contributed by atoms with Crippen LogP contribution in [-0.2, 0) is 4.79 Å². The summed E-state index contributed by atoms with van der Waals surface area (Å²) >= 11 is 0. The number of rotatable bonds is 6. The van der Waals surface area contributed by atoms with E-state index in [4.69, 9.17) is 4.74 Å². The Bertz CT molecular complexity index is 1000. The number of aliphatic hydroxyl groups excluding tert-OH is 1. The largest absolute Gasteiger partial charge is 0.507 e. The molecule has 27 heavy (non-hydrogen) atoms. The molecule has 0 aliphatic heterocycles. The zero-order valence-corrected chi connectivity index (χ0v) is 14.6. The van der Waals surface area contributed by atoms with Gasteiger partial charge in [-0.25, -0.2) is 4.79 Å². The molecule has 0 bridgehead atoms. The lowest BCUT2D eigenvalue weighted by Crippen LogP contribution is -2.04. The van der Waals surface area contributed by atoms with Gasteiger partial charge in [0.1, 0.15) is 28.9 Å². The highest BCUT2D eigenvalue weighted by Gasteiger charge is 2.14. The zero-order valence-electron chi connectivity index (χ0n) is 14.6. The van der Waals surface area contributed by atoms with Gasteiger partial charge >= 0.3 is 5.97 Å². The molecule has 2 rings (SSSR count). The second kappa shape index (κ2) is 8.91. The third-order valence-electron chi connectivity index (χ3n) is 3.64. The quantitative estimate of drug-likeness (QED) is 0.328. The molecule has 2 aromatic carbocycles. The Morgan fingerprint density at radius 3 is 2.44 bits per heavy atom. The highest BCUT2D eigenvalue weighted by Crippen LogP contribution is 2.29. The second-order valence-electron chi connectivity index (χ2n) is 5.37. The van der Waals surface area contributed by atoms with E-state index in [9.17, 15) is 20.3 Å². The summed E-state index contributed by atoms with van der Waals surface area (Å²) in [5.41, 5.74) is 3.45. The molecule has 0 aliphatic carbocycles. The van der Waals surface area contributed by atoms with E-state index in [-0.39, 0.29) is 16.9 Å². The maximum absolute atomic E-state index is 11.4. The molecule has 5 heteroatoms. The monoisotopic (exact) mass is 359 g/mol. The van der Waals surface area contributed by atoms with E-state index >= 15 is 0 Å². The molecule has 0 heterocycles. The maximum atomic E-state index is 11.4. The predicted octanol–water partition coefficient (Wildman–Crippen LogP) is 4.99. The summed E-state index contributed by atoms with van der Waals surface area (Å²) in [6, 6.07) is 15.9. The molecule has 0 radical (unpaired) electrons. The van der Waals surface area contributed by atoms with Crippen molar-refractivity contribution in [1.82, 2.24) is 0 Å². The lowest BCUT2D eigenvalue weighted by atomic mass is 10.0. The lowest BCUT2D eigenvalue weighted by molar-refractivity contribution is -0.132. The van der Waals surface area contributed by atoms with Crippen LogP contribution in [0, 0.1) is 11.3 Å². The van der Waals surface area contributed by atoms with Crippen LogP contribution in [0.15, 0.2) is 84.3 Å².